The third-order valence-corrected chi connectivity index (χ3v) is 1.27. The number of nitrogens with one attached hydrogen (secondary N) is 1. The zero-order valence-electron chi connectivity index (χ0n) is 6.12. The Labute approximate surface area is 65.7 Å². The molecule has 3 nitrogen and oxygen atoms in total. The van der Waals surface area contributed by atoms with Crippen molar-refractivity contribution in [3.8, 4) is 0 Å². The third-order valence-electron chi connectivity index (χ3n) is 1.27. The summed E-state index contributed by atoms with van der Waals surface area (Å²) in [6.07, 6.45) is 0. The van der Waals surface area contributed by atoms with Crippen LogP contribution in [0.1, 0.15) is 5.56 Å². The largest absolute Gasteiger partial charge is 0.369 e. The molecule has 0 saturated carbocycles. The van der Waals surface area contributed by atoms with E-state index in [9.17, 15) is 0 Å². The molecule has 57 valence electrons. The maximum atomic E-state index is 6.85. The normalized spacial score (nSPS) is 9.09. The SMILES string of the molecule is N=C(N)[N]Cc1ccccc1. The number of hydrogen-bond donors (Lipinski definition) is 2. The number of guanidine groups is 1. The fourth-order valence-electron chi connectivity index (χ4n) is 0.760. The maximum absolute atomic E-state index is 6.85. The molecular weight excluding hydrogens is 138 g/mol. The zero-order chi connectivity index (χ0) is 8.10. The van der Waals surface area contributed by atoms with Gasteiger partial charge in [-0.2, -0.15) is 0 Å². The molecule has 0 aliphatic rings. The van der Waals surface area contributed by atoms with Crippen LogP contribution >= 0.6 is 0 Å². The molecule has 1 aromatic carbocycles. The second kappa shape index (κ2) is 3.61. The molecule has 0 aromatic heterocycles. The van der Waals surface area contributed by atoms with E-state index in [4.69, 9.17) is 11.1 Å². The van der Waals surface area contributed by atoms with Crippen LogP contribution in [0.15, 0.2) is 30.3 Å². The summed E-state index contributed by atoms with van der Waals surface area (Å²) < 4.78 is 0. The Balaban J connectivity index is 2.45. The minimum Gasteiger partial charge on any atom is -0.369 e. The average molecular weight is 148 g/mol. The van der Waals surface area contributed by atoms with E-state index < -0.39 is 0 Å². The van der Waals surface area contributed by atoms with E-state index in [1.165, 1.54) is 0 Å². The van der Waals surface area contributed by atoms with Gasteiger partial charge in [0.05, 0.1) is 6.54 Å². The highest BCUT2D eigenvalue weighted by Gasteiger charge is 1.91. The number of hydrogen-bond acceptors (Lipinski definition) is 1. The van der Waals surface area contributed by atoms with Gasteiger partial charge in [0, 0.05) is 0 Å². The summed E-state index contributed by atoms with van der Waals surface area (Å²) in [7, 11) is 0. The second-order valence-electron chi connectivity index (χ2n) is 2.19. The molecule has 1 radical (unpaired) electrons. The molecular formula is C8H10N3. The minimum absolute atomic E-state index is 0.117. The Bertz CT molecular complexity index is 230. The van der Waals surface area contributed by atoms with Gasteiger partial charge in [0.25, 0.3) is 0 Å². The van der Waals surface area contributed by atoms with Gasteiger partial charge in [0.1, 0.15) is 0 Å². The summed E-state index contributed by atoms with van der Waals surface area (Å²) in [5.41, 5.74) is 6.13. The van der Waals surface area contributed by atoms with Crippen LogP contribution in [0.3, 0.4) is 0 Å². The number of nitrogens with zero attached hydrogens (tertiary/aromatic N) is 1. The Morgan fingerprint density at radius 2 is 2.00 bits per heavy atom. The number of nitrogens with two attached hydrogens (primary N) is 1. The molecule has 0 fully saturated rings. The lowest BCUT2D eigenvalue weighted by Gasteiger charge is -1.98. The van der Waals surface area contributed by atoms with E-state index >= 15 is 0 Å². The first-order valence-electron chi connectivity index (χ1n) is 3.34. The lowest BCUT2D eigenvalue weighted by Crippen LogP contribution is -2.22. The first-order valence-corrected chi connectivity index (χ1v) is 3.34. The van der Waals surface area contributed by atoms with Gasteiger partial charge in [-0.05, 0) is 5.56 Å². The smallest absolute Gasteiger partial charge is 0.208 e. The van der Waals surface area contributed by atoms with E-state index in [1.54, 1.807) is 0 Å². The highest BCUT2D eigenvalue weighted by Crippen LogP contribution is 1.96. The van der Waals surface area contributed by atoms with Crippen LogP contribution in [-0.4, -0.2) is 5.96 Å². The van der Waals surface area contributed by atoms with E-state index in [0.29, 0.717) is 6.54 Å². The van der Waals surface area contributed by atoms with Gasteiger partial charge in [0.2, 0.25) is 5.96 Å². The summed E-state index contributed by atoms with van der Waals surface area (Å²) >= 11 is 0. The highest BCUT2D eigenvalue weighted by molar-refractivity contribution is 5.73. The Morgan fingerprint density at radius 1 is 1.36 bits per heavy atom. The third kappa shape index (κ3) is 2.71. The Kier molecular flexibility index (Phi) is 2.49. The first kappa shape index (κ1) is 7.60. The van der Waals surface area contributed by atoms with Crippen LogP contribution in [0.25, 0.3) is 0 Å². The van der Waals surface area contributed by atoms with Crippen molar-refractivity contribution >= 4 is 5.96 Å². The molecule has 0 spiro atoms. The van der Waals surface area contributed by atoms with Crippen molar-refractivity contribution in [3.63, 3.8) is 0 Å². The van der Waals surface area contributed by atoms with E-state index in [-0.39, 0.29) is 5.96 Å². The highest BCUT2D eigenvalue weighted by atomic mass is 15.0. The van der Waals surface area contributed by atoms with E-state index in [2.05, 4.69) is 5.32 Å². The number of benzene rings is 1. The fraction of sp³-hybridized carbons (Fsp3) is 0.125. The topological polar surface area (TPSA) is 64.0 Å². The van der Waals surface area contributed by atoms with E-state index in [1.807, 2.05) is 30.3 Å². The summed E-state index contributed by atoms with van der Waals surface area (Å²) in [6.45, 7) is 0.496. The molecule has 3 heteroatoms. The lowest BCUT2D eigenvalue weighted by atomic mass is 10.2. The standard InChI is InChI=1S/C8H10N3/c9-8(10)11-6-7-4-2-1-3-5-7/h1-5H,6H2,(H3,9,10). The van der Waals surface area contributed by atoms with Gasteiger partial charge < -0.3 is 5.73 Å². The molecule has 0 heterocycles. The van der Waals surface area contributed by atoms with Gasteiger partial charge in [-0.15, -0.1) is 0 Å². The van der Waals surface area contributed by atoms with Crippen LogP contribution in [0.5, 0.6) is 0 Å². The predicted molar refractivity (Wildman–Crippen MR) is 44.2 cm³/mol. The van der Waals surface area contributed by atoms with Crippen molar-refractivity contribution in [1.82, 2.24) is 5.32 Å². The van der Waals surface area contributed by atoms with Gasteiger partial charge in [-0.3, -0.25) is 5.41 Å². The Morgan fingerprint density at radius 3 is 2.55 bits per heavy atom. The van der Waals surface area contributed by atoms with Crippen molar-refractivity contribution in [1.29, 1.82) is 5.41 Å². The van der Waals surface area contributed by atoms with Gasteiger partial charge >= 0.3 is 0 Å². The Hall–Kier alpha value is -1.51. The fourth-order valence-corrected chi connectivity index (χ4v) is 0.760. The molecule has 0 saturated heterocycles. The van der Waals surface area contributed by atoms with Crippen molar-refractivity contribution in [3.05, 3.63) is 35.9 Å². The van der Waals surface area contributed by atoms with Crippen molar-refractivity contribution in [2.45, 2.75) is 6.54 Å². The zero-order valence-corrected chi connectivity index (χ0v) is 6.12. The molecule has 11 heavy (non-hydrogen) atoms. The van der Waals surface area contributed by atoms with Crippen molar-refractivity contribution in [2.75, 3.05) is 0 Å². The summed E-state index contributed by atoms with van der Waals surface area (Å²) in [6, 6.07) is 9.71. The number of rotatable bonds is 2. The van der Waals surface area contributed by atoms with Crippen LogP contribution < -0.4 is 11.1 Å². The molecule has 0 unspecified atom stereocenters. The quantitative estimate of drug-likeness (QED) is 0.470. The molecule has 1 aromatic rings. The molecule has 0 aliphatic carbocycles. The molecule has 1 rings (SSSR count). The molecule has 0 atom stereocenters. The van der Waals surface area contributed by atoms with E-state index in [0.717, 1.165) is 5.56 Å². The van der Waals surface area contributed by atoms with Crippen molar-refractivity contribution in [2.24, 2.45) is 5.73 Å². The van der Waals surface area contributed by atoms with Gasteiger partial charge in [-0.1, -0.05) is 30.3 Å². The predicted octanol–water partition coefficient (Wildman–Crippen LogP) is 0.684. The maximum Gasteiger partial charge on any atom is 0.208 e. The summed E-state index contributed by atoms with van der Waals surface area (Å²) in [5, 5.41) is 10.6. The monoisotopic (exact) mass is 148 g/mol. The molecule has 0 bridgehead atoms. The molecule has 0 aliphatic heterocycles. The van der Waals surface area contributed by atoms with Crippen LogP contribution in [0.4, 0.5) is 0 Å². The lowest BCUT2D eigenvalue weighted by molar-refractivity contribution is 0.880. The average Bonchev–Trinajstić information content (AvgIpc) is 2.03. The minimum atomic E-state index is -0.117. The van der Waals surface area contributed by atoms with Gasteiger partial charge in [0.15, 0.2) is 0 Å². The van der Waals surface area contributed by atoms with Crippen LogP contribution in [0, 0.1) is 5.41 Å². The molecule has 0 amide bonds. The van der Waals surface area contributed by atoms with Crippen LogP contribution in [0.2, 0.25) is 0 Å². The van der Waals surface area contributed by atoms with Crippen LogP contribution in [-0.2, 0) is 6.54 Å². The van der Waals surface area contributed by atoms with Crippen molar-refractivity contribution < 1.29 is 0 Å². The summed E-state index contributed by atoms with van der Waals surface area (Å²) in [5.74, 6) is -0.117. The second-order valence-corrected chi connectivity index (χ2v) is 2.19. The summed E-state index contributed by atoms with van der Waals surface area (Å²) in [4.78, 5) is 0. The van der Waals surface area contributed by atoms with Gasteiger partial charge in [-0.25, -0.2) is 5.32 Å². The molecule has 3 N–H and O–H groups in total. The first-order chi connectivity index (χ1) is 5.29.